The highest BCUT2D eigenvalue weighted by Crippen LogP contribution is 2.22. The number of rotatable bonds is 6. The van der Waals surface area contributed by atoms with Crippen LogP contribution < -0.4 is 10.1 Å². The number of para-hydroxylation sites is 1. The quantitative estimate of drug-likeness (QED) is 0.629. The van der Waals surface area contributed by atoms with E-state index in [-0.39, 0.29) is 5.56 Å². The Hall–Kier alpha value is -2.66. The average Bonchev–Trinajstić information content (AvgIpc) is 2.49. The number of carboxylic acid groups (broad SMARTS) is 1. The molecule has 0 saturated carbocycles. The van der Waals surface area contributed by atoms with Gasteiger partial charge in [0.25, 0.3) is 0 Å². The number of carboxylic acids is 1. The zero-order valence-corrected chi connectivity index (χ0v) is 11.4. The second-order valence-corrected chi connectivity index (χ2v) is 4.37. The third-order valence-electron chi connectivity index (χ3n) is 2.90. The molecule has 2 rings (SSSR count). The third kappa shape index (κ3) is 3.67. The van der Waals surface area contributed by atoms with Crippen LogP contribution in [-0.4, -0.2) is 29.9 Å². The molecule has 108 valence electrons. The van der Waals surface area contributed by atoms with Gasteiger partial charge in [-0.2, -0.15) is 0 Å². The number of aliphatic carboxylic acids is 1. The lowest BCUT2D eigenvalue weighted by Crippen LogP contribution is -2.41. The van der Waals surface area contributed by atoms with Crippen LogP contribution in [0.3, 0.4) is 0 Å². The molecule has 0 aliphatic heterocycles. The Labute approximate surface area is 122 Å². The van der Waals surface area contributed by atoms with Gasteiger partial charge in [-0.15, -0.1) is 0 Å². The summed E-state index contributed by atoms with van der Waals surface area (Å²) < 4.78 is 5.62. The monoisotopic (exact) mass is 285 g/mol. The van der Waals surface area contributed by atoms with E-state index in [0.29, 0.717) is 11.5 Å². The number of nitrogens with one attached hydrogen (secondary N) is 1. The highest BCUT2D eigenvalue weighted by molar-refractivity contribution is 6.11. The molecular formula is C16H15NO4. The number of benzene rings is 2. The standard InChI is InChI=1S/C16H15NO4/c1-17-14(16(19)20)15(18)11-6-5-9-13(10-11)21-12-7-3-2-4-8-12/h2-10,14,17H,1H3,(H,19,20). The number of hydrogen-bond donors (Lipinski definition) is 2. The molecule has 0 heterocycles. The molecule has 0 bridgehead atoms. The van der Waals surface area contributed by atoms with Crippen molar-refractivity contribution in [2.24, 2.45) is 0 Å². The van der Waals surface area contributed by atoms with E-state index in [1.54, 1.807) is 30.3 Å². The number of carbonyl (C=O) groups is 2. The van der Waals surface area contributed by atoms with Crippen LogP contribution in [0.25, 0.3) is 0 Å². The van der Waals surface area contributed by atoms with Crippen LogP contribution in [-0.2, 0) is 4.79 Å². The molecule has 0 aromatic heterocycles. The Bertz CT molecular complexity index is 640. The largest absolute Gasteiger partial charge is 0.480 e. The second kappa shape index (κ2) is 6.67. The Morgan fingerprint density at radius 1 is 1.05 bits per heavy atom. The van der Waals surface area contributed by atoms with E-state index < -0.39 is 17.8 Å². The molecule has 1 atom stereocenters. The minimum Gasteiger partial charge on any atom is -0.480 e. The van der Waals surface area contributed by atoms with E-state index >= 15 is 0 Å². The highest BCUT2D eigenvalue weighted by Gasteiger charge is 2.25. The molecule has 2 aromatic carbocycles. The zero-order chi connectivity index (χ0) is 15.2. The summed E-state index contributed by atoms with van der Waals surface area (Å²) in [5.74, 6) is -0.599. The van der Waals surface area contributed by atoms with Gasteiger partial charge in [0.2, 0.25) is 0 Å². The van der Waals surface area contributed by atoms with E-state index in [2.05, 4.69) is 5.32 Å². The fourth-order valence-electron chi connectivity index (χ4n) is 1.87. The summed E-state index contributed by atoms with van der Waals surface area (Å²) >= 11 is 0. The van der Waals surface area contributed by atoms with Crippen LogP contribution in [0.15, 0.2) is 54.6 Å². The first-order valence-electron chi connectivity index (χ1n) is 6.39. The maximum absolute atomic E-state index is 12.1. The van der Waals surface area contributed by atoms with Crippen LogP contribution >= 0.6 is 0 Å². The number of likely N-dealkylation sites (N-methyl/N-ethyl adjacent to an activating group) is 1. The zero-order valence-electron chi connectivity index (χ0n) is 11.4. The molecule has 0 amide bonds. The van der Waals surface area contributed by atoms with E-state index in [4.69, 9.17) is 9.84 Å². The van der Waals surface area contributed by atoms with Crippen molar-refractivity contribution >= 4 is 11.8 Å². The summed E-state index contributed by atoms with van der Waals surface area (Å²) in [5, 5.41) is 11.5. The van der Waals surface area contributed by atoms with Crippen molar-refractivity contribution in [2.75, 3.05) is 7.05 Å². The third-order valence-corrected chi connectivity index (χ3v) is 2.90. The molecule has 21 heavy (non-hydrogen) atoms. The minimum absolute atomic E-state index is 0.283. The molecule has 2 aromatic rings. The normalized spacial score (nSPS) is 11.7. The van der Waals surface area contributed by atoms with Crippen LogP contribution in [0.5, 0.6) is 11.5 Å². The predicted octanol–water partition coefficient (Wildman–Crippen LogP) is 2.33. The average molecular weight is 285 g/mol. The van der Waals surface area contributed by atoms with Crippen molar-refractivity contribution in [3.63, 3.8) is 0 Å². The lowest BCUT2D eigenvalue weighted by atomic mass is 10.0. The van der Waals surface area contributed by atoms with Gasteiger partial charge >= 0.3 is 5.97 Å². The van der Waals surface area contributed by atoms with Crippen LogP contribution in [0, 0.1) is 0 Å². The maximum Gasteiger partial charge on any atom is 0.328 e. The molecule has 0 spiro atoms. The van der Waals surface area contributed by atoms with Crippen molar-refractivity contribution in [3.8, 4) is 11.5 Å². The Morgan fingerprint density at radius 3 is 2.33 bits per heavy atom. The smallest absolute Gasteiger partial charge is 0.328 e. The number of Topliss-reactive ketones (excluding diaryl/α,β-unsaturated/α-hetero) is 1. The molecule has 0 fully saturated rings. The van der Waals surface area contributed by atoms with E-state index in [1.165, 1.54) is 13.1 Å². The summed E-state index contributed by atoms with van der Waals surface area (Å²) in [6, 6.07) is 14.3. The molecule has 0 aliphatic carbocycles. The van der Waals surface area contributed by atoms with Gasteiger partial charge in [0.1, 0.15) is 11.5 Å². The number of hydrogen-bond acceptors (Lipinski definition) is 4. The van der Waals surface area contributed by atoms with Crippen LogP contribution in [0.1, 0.15) is 10.4 Å². The molecule has 0 saturated heterocycles. The molecule has 5 nitrogen and oxygen atoms in total. The lowest BCUT2D eigenvalue weighted by molar-refractivity contribution is -0.137. The SMILES string of the molecule is CNC(C(=O)O)C(=O)c1cccc(Oc2ccccc2)c1. The first-order chi connectivity index (χ1) is 10.1. The fourth-order valence-corrected chi connectivity index (χ4v) is 1.87. The number of carbonyl (C=O) groups excluding carboxylic acids is 1. The number of ether oxygens (including phenoxy) is 1. The van der Waals surface area contributed by atoms with Gasteiger partial charge in [-0.1, -0.05) is 30.3 Å². The summed E-state index contributed by atoms with van der Waals surface area (Å²) in [6.45, 7) is 0. The molecule has 1 unspecified atom stereocenters. The van der Waals surface area contributed by atoms with Gasteiger partial charge in [-0.25, -0.2) is 0 Å². The summed E-state index contributed by atoms with van der Waals surface area (Å²) in [5.41, 5.74) is 0.283. The first kappa shape index (κ1) is 14.7. The lowest BCUT2D eigenvalue weighted by Gasteiger charge is -2.11. The van der Waals surface area contributed by atoms with Gasteiger partial charge in [0.15, 0.2) is 11.8 Å². The van der Waals surface area contributed by atoms with Crippen molar-refractivity contribution < 1.29 is 19.4 Å². The highest BCUT2D eigenvalue weighted by atomic mass is 16.5. The topological polar surface area (TPSA) is 75.6 Å². The van der Waals surface area contributed by atoms with E-state index in [9.17, 15) is 9.59 Å². The van der Waals surface area contributed by atoms with Crippen molar-refractivity contribution in [1.29, 1.82) is 0 Å². The number of ketones is 1. The first-order valence-corrected chi connectivity index (χ1v) is 6.39. The van der Waals surface area contributed by atoms with Crippen LogP contribution in [0.2, 0.25) is 0 Å². The molecule has 5 heteroatoms. The Kier molecular flexibility index (Phi) is 4.68. The fraction of sp³-hybridized carbons (Fsp3) is 0.125. The maximum atomic E-state index is 12.1. The summed E-state index contributed by atoms with van der Waals surface area (Å²) in [7, 11) is 1.43. The van der Waals surface area contributed by atoms with Gasteiger partial charge in [-0.3, -0.25) is 9.59 Å². The van der Waals surface area contributed by atoms with Gasteiger partial charge < -0.3 is 15.2 Å². The molecule has 0 aliphatic rings. The van der Waals surface area contributed by atoms with Gasteiger partial charge in [0.05, 0.1) is 0 Å². The molecule has 0 radical (unpaired) electrons. The predicted molar refractivity (Wildman–Crippen MR) is 77.8 cm³/mol. The minimum atomic E-state index is -1.27. The van der Waals surface area contributed by atoms with Crippen molar-refractivity contribution in [3.05, 3.63) is 60.2 Å². The van der Waals surface area contributed by atoms with Crippen molar-refractivity contribution in [1.82, 2.24) is 5.32 Å². The Balaban J connectivity index is 2.21. The second-order valence-electron chi connectivity index (χ2n) is 4.37. The van der Waals surface area contributed by atoms with E-state index in [1.807, 2.05) is 18.2 Å². The van der Waals surface area contributed by atoms with Gasteiger partial charge in [0, 0.05) is 5.56 Å². The summed E-state index contributed by atoms with van der Waals surface area (Å²) in [4.78, 5) is 23.1. The molecule has 2 N–H and O–H groups in total. The van der Waals surface area contributed by atoms with Crippen molar-refractivity contribution in [2.45, 2.75) is 6.04 Å². The van der Waals surface area contributed by atoms with E-state index in [0.717, 1.165) is 0 Å². The molecular weight excluding hydrogens is 270 g/mol. The van der Waals surface area contributed by atoms with Gasteiger partial charge in [-0.05, 0) is 31.3 Å². The Morgan fingerprint density at radius 2 is 1.71 bits per heavy atom. The summed E-state index contributed by atoms with van der Waals surface area (Å²) in [6.07, 6.45) is 0. The van der Waals surface area contributed by atoms with Crippen LogP contribution in [0.4, 0.5) is 0 Å².